The number of benzene rings is 1. The lowest BCUT2D eigenvalue weighted by Gasteiger charge is -2.29. The second-order valence-electron chi connectivity index (χ2n) is 6.77. The summed E-state index contributed by atoms with van der Waals surface area (Å²) in [5.74, 6) is 0. The summed E-state index contributed by atoms with van der Waals surface area (Å²) >= 11 is 6.51. The predicted octanol–water partition coefficient (Wildman–Crippen LogP) is 3.84. The molecule has 2 rings (SSSR count). The van der Waals surface area contributed by atoms with E-state index in [1.807, 2.05) is 12.1 Å². The molecule has 1 saturated carbocycles. The second kappa shape index (κ2) is 6.99. The van der Waals surface area contributed by atoms with Crippen LogP contribution in [0.15, 0.2) is 18.2 Å². The fourth-order valence-electron chi connectivity index (χ4n) is 2.44. The zero-order chi connectivity index (χ0) is 15.5. The molecule has 0 saturated heterocycles. The van der Waals surface area contributed by atoms with Gasteiger partial charge in [-0.3, -0.25) is 0 Å². The van der Waals surface area contributed by atoms with Gasteiger partial charge in [0.1, 0.15) is 0 Å². The smallest absolute Gasteiger partial charge is 0.0643 e. The Labute approximate surface area is 133 Å². The summed E-state index contributed by atoms with van der Waals surface area (Å²) in [6.45, 7) is 9.00. The van der Waals surface area contributed by atoms with Crippen molar-refractivity contribution in [1.82, 2.24) is 5.32 Å². The summed E-state index contributed by atoms with van der Waals surface area (Å²) in [6, 6.07) is 6.81. The van der Waals surface area contributed by atoms with Crippen molar-refractivity contribution in [3.8, 4) is 0 Å². The highest BCUT2D eigenvalue weighted by molar-refractivity contribution is 6.33. The Morgan fingerprint density at radius 3 is 2.62 bits per heavy atom. The van der Waals surface area contributed by atoms with Crippen LogP contribution in [0.3, 0.4) is 0 Å². The lowest BCUT2D eigenvalue weighted by atomic mass is 10.1. The van der Waals surface area contributed by atoms with Gasteiger partial charge in [-0.1, -0.05) is 23.7 Å². The van der Waals surface area contributed by atoms with E-state index in [9.17, 15) is 0 Å². The van der Waals surface area contributed by atoms with Crippen molar-refractivity contribution in [3.05, 3.63) is 28.8 Å². The first-order valence-corrected chi connectivity index (χ1v) is 8.08. The third-order valence-corrected chi connectivity index (χ3v) is 4.00. The largest absolute Gasteiger partial charge is 0.383 e. The quantitative estimate of drug-likeness (QED) is 0.828. The highest BCUT2D eigenvalue weighted by Crippen LogP contribution is 2.38. The molecule has 21 heavy (non-hydrogen) atoms. The van der Waals surface area contributed by atoms with Crippen LogP contribution in [0.25, 0.3) is 0 Å². The normalized spacial score (nSPS) is 15.3. The van der Waals surface area contributed by atoms with Gasteiger partial charge in [0, 0.05) is 31.8 Å². The number of para-hydroxylation sites is 1. The number of halogens is 1. The molecule has 1 N–H and O–H groups in total. The van der Waals surface area contributed by atoms with Gasteiger partial charge in [-0.05, 0) is 45.2 Å². The van der Waals surface area contributed by atoms with Gasteiger partial charge in [0.15, 0.2) is 0 Å². The Bertz CT molecular complexity index is 466. The maximum atomic E-state index is 6.51. The van der Waals surface area contributed by atoms with Gasteiger partial charge >= 0.3 is 0 Å². The van der Waals surface area contributed by atoms with E-state index in [1.165, 1.54) is 24.1 Å². The van der Waals surface area contributed by atoms with E-state index in [-0.39, 0.29) is 5.54 Å². The maximum Gasteiger partial charge on any atom is 0.0643 e. The monoisotopic (exact) mass is 310 g/mol. The molecule has 0 aliphatic heterocycles. The minimum absolute atomic E-state index is 0.0938. The maximum absolute atomic E-state index is 6.51. The van der Waals surface area contributed by atoms with Crippen molar-refractivity contribution in [2.24, 2.45) is 0 Å². The number of rotatable bonds is 7. The van der Waals surface area contributed by atoms with Crippen molar-refractivity contribution >= 4 is 17.3 Å². The van der Waals surface area contributed by atoms with Gasteiger partial charge in [-0.25, -0.2) is 0 Å². The molecule has 0 aromatic heterocycles. The molecule has 0 radical (unpaired) electrons. The first kappa shape index (κ1) is 16.6. The number of hydrogen-bond acceptors (Lipinski definition) is 3. The van der Waals surface area contributed by atoms with Crippen LogP contribution in [-0.4, -0.2) is 31.8 Å². The van der Waals surface area contributed by atoms with Crippen LogP contribution in [0, 0.1) is 0 Å². The first-order chi connectivity index (χ1) is 9.92. The SMILES string of the molecule is COCCN(c1c(Cl)cccc1CNC(C)(C)C)C1CC1. The molecule has 3 nitrogen and oxygen atoms in total. The third kappa shape index (κ3) is 4.87. The molecule has 1 aromatic rings. The molecule has 118 valence electrons. The number of nitrogens with zero attached hydrogens (tertiary/aromatic N) is 1. The summed E-state index contributed by atoms with van der Waals surface area (Å²) < 4.78 is 5.27. The molecule has 0 unspecified atom stereocenters. The fourth-order valence-corrected chi connectivity index (χ4v) is 2.74. The average molecular weight is 311 g/mol. The van der Waals surface area contributed by atoms with Gasteiger partial charge in [0.05, 0.1) is 17.3 Å². The van der Waals surface area contributed by atoms with E-state index in [4.69, 9.17) is 16.3 Å². The molecular formula is C17H27ClN2O. The van der Waals surface area contributed by atoms with Crippen LogP contribution in [-0.2, 0) is 11.3 Å². The zero-order valence-electron chi connectivity index (χ0n) is 13.6. The lowest BCUT2D eigenvalue weighted by molar-refractivity contribution is 0.205. The summed E-state index contributed by atoms with van der Waals surface area (Å²) in [4.78, 5) is 2.42. The van der Waals surface area contributed by atoms with E-state index in [0.29, 0.717) is 6.04 Å². The molecule has 4 heteroatoms. The summed E-state index contributed by atoms with van der Waals surface area (Å²) in [5, 5.41) is 4.40. The van der Waals surface area contributed by atoms with Crippen LogP contribution in [0.2, 0.25) is 5.02 Å². The van der Waals surface area contributed by atoms with Crippen molar-refractivity contribution in [1.29, 1.82) is 0 Å². The van der Waals surface area contributed by atoms with Crippen molar-refractivity contribution < 1.29 is 4.74 Å². The van der Waals surface area contributed by atoms with Gasteiger partial charge in [-0.2, -0.15) is 0 Å². The summed E-state index contributed by atoms with van der Waals surface area (Å²) in [6.07, 6.45) is 2.50. The minimum Gasteiger partial charge on any atom is -0.383 e. The molecule has 1 fully saturated rings. The molecule has 1 aliphatic carbocycles. The number of hydrogen-bond donors (Lipinski definition) is 1. The van der Waals surface area contributed by atoms with Crippen LogP contribution < -0.4 is 10.2 Å². The Balaban J connectivity index is 2.22. The van der Waals surface area contributed by atoms with E-state index in [0.717, 1.165) is 24.7 Å². The molecule has 1 aromatic carbocycles. The van der Waals surface area contributed by atoms with E-state index in [2.05, 4.69) is 37.1 Å². The highest BCUT2D eigenvalue weighted by Gasteiger charge is 2.31. The minimum atomic E-state index is 0.0938. The number of nitrogens with one attached hydrogen (secondary N) is 1. The second-order valence-corrected chi connectivity index (χ2v) is 7.18. The Hall–Kier alpha value is -0.770. The van der Waals surface area contributed by atoms with Crippen molar-refractivity contribution in [2.45, 2.75) is 51.7 Å². The van der Waals surface area contributed by atoms with Gasteiger partial charge in [0.2, 0.25) is 0 Å². The summed E-state index contributed by atoms with van der Waals surface area (Å²) in [7, 11) is 1.75. The van der Waals surface area contributed by atoms with Crippen LogP contribution in [0.1, 0.15) is 39.2 Å². The van der Waals surface area contributed by atoms with Crippen molar-refractivity contribution in [3.63, 3.8) is 0 Å². The van der Waals surface area contributed by atoms with Gasteiger partial charge in [-0.15, -0.1) is 0 Å². The molecule has 0 atom stereocenters. The van der Waals surface area contributed by atoms with E-state index >= 15 is 0 Å². The molecule has 0 spiro atoms. The van der Waals surface area contributed by atoms with Crippen LogP contribution >= 0.6 is 11.6 Å². The number of methoxy groups -OCH3 is 1. The Morgan fingerprint density at radius 1 is 1.33 bits per heavy atom. The van der Waals surface area contributed by atoms with E-state index in [1.54, 1.807) is 7.11 Å². The number of ether oxygens (including phenoxy) is 1. The topological polar surface area (TPSA) is 24.5 Å². The Morgan fingerprint density at radius 2 is 2.05 bits per heavy atom. The van der Waals surface area contributed by atoms with Crippen molar-refractivity contribution in [2.75, 3.05) is 25.2 Å². The van der Waals surface area contributed by atoms with Gasteiger partial charge < -0.3 is 15.0 Å². The van der Waals surface area contributed by atoms with Gasteiger partial charge in [0.25, 0.3) is 0 Å². The fraction of sp³-hybridized carbons (Fsp3) is 0.647. The van der Waals surface area contributed by atoms with Crippen LogP contribution in [0.5, 0.6) is 0 Å². The summed E-state index contributed by atoms with van der Waals surface area (Å²) in [5.41, 5.74) is 2.53. The lowest BCUT2D eigenvalue weighted by Crippen LogP contribution is -2.36. The highest BCUT2D eigenvalue weighted by atomic mass is 35.5. The Kier molecular flexibility index (Phi) is 5.53. The molecule has 1 aliphatic rings. The predicted molar refractivity (Wildman–Crippen MR) is 90.3 cm³/mol. The molecule has 0 bridgehead atoms. The first-order valence-electron chi connectivity index (χ1n) is 7.70. The third-order valence-electron chi connectivity index (χ3n) is 3.69. The zero-order valence-corrected chi connectivity index (χ0v) is 14.3. The number of anilines is 1. The molecular weight excluding hydrogens is 284 g/mol. The van der Waals surface area contributed by atoms with E-state index < -0.39 is 0 Å². The molecule has 0 heterocycles. The standard InChI is InChI=1S/C17H27ClN2O/c1-17(2,3)19-12-13-6-5-7-15(18)16(13)20(10-11-21-4)14-8-9-14/h5-7,14,19H,8-12H2,1-4H3. The van der Waals surface area contributed by atoms with Crippen LogP contribution in [0.4, 0.5) is 5.69 Å². The average Bonchev–Trinajstić information content (AvgIpc) is 3.22. The molecule has 0 amide bonds.